The van der Waals surface area contributed by atoms with Crippen molar-refractivity contribution in [1.82, 2.24) is 0 Å². The summed E-state index contributed by atoms with van der Waals surface area (Å²) in [5, 5.41) is 10.4. The topological polar surface area (TPSA) is 46.5 Å². The van der Waals surface area contributed by atoms with Gasteiger partial charge in [-0.3, -0.25) is 4.79 Å². The van der Waals surface area contributed by atoms with Gasteiger partial charge in [0.2, 0.25) is 0 Å². The van der Waals surface area contributed by atoms with Crippen LogP contribution in [-0.2, 0) is 14.9 Å². The molecule has 27 heavy (non-hydrogen) atoms. The number of carbonyl (C=O) groups is 1. The number of ether oxygens (including phenoxy) is 1. The number of carbonyl (C=O) groups excluding carboxylic acids is 1. The summed E-state index contributed by atoms with van der Waals surface area (Å²) in [6.07, 6.45) is 7.06. The molecule has 0 fully saturated rings. The van der Waals surface area contributed by atoms with E-state index in [0.29, 0.717) is 12.2 Å². The third-order valence-electron chi connectivity index (χ3n) is 5.19. The van der Waals surface area contributed by atoms with Crippen LogP contribution in [0.25, 0.3) is 0 Å². The highest BCUT2D eigenvalue weighted by atomic mass is 16.5. The Balaban J connectivity index is 2.51. The summed E-state index contributed by atoms with van der Waals surface area (Å²) >= 11 is 0. The number of aromatic hydroxyl groups is 1. The molecule has 1 rings (SSSR count). The molecule has 0 aromatic heterocycles. The van der Waals surface area contributed by atoms with Crippen molar-refractivity contribution in [3.05, 3.63) is 28.8 Å². The predicted octanol–water partition coefficient (Wildman–Crippen LogP) is 6.64. The highest BCUT2D eigenvalue weighted by Crippen LogP contribution is 2.35. The molecule has 0 radical (unpaired) electrons. The number of hydrogen-bond donors (Lipinski definition) is 1. The molecular formula is C24H40O3. The monoisotopic (exact) mass is 376 g/mol. The van der Waals surface area contributed by atoms with E-state index < -0.39 is 5.92 Å². The van der Waals surface area contributed by atoms with Gasteiger partial charge in [-0.15, -0.1) is 0 Å². The Morgan fingerprint density at radius 2 is 1.63 bits per heavy atom. The van der Waals surface area contributed by atoms with Gasteiger partial charge in [-0.25, -0.2) is 0 Å². The van der Waals surface area contributed by atoms with Crippen molar-refractivity contribution >= 4 is 5.97 Å². The molecule has 0 saturated heterocycles. The van der Waals surface area contributed by atoms with E-state index in [-0.39, 0.29) is 17.1 Å². The van der Waals surface area contributed by atoms with Crippen LogP contribution >= 0.6 is 0 Å². The molecule has 1 N–H and O–H groups in total. The van der Waals surface area contributed by atoms with E-state index in [1.807, 2.05) is 26.0 Å². The molecule has 1 atom stereocenters. The molecule has 3 nitrogen and oxygen atoms in total. The van der Waals surface area contributed by atoms with Crippen LogP contribution in [0.4, 0.5) is 0 Å². The van der Waals surface area contributed by atoms with Crippen LogP contribution in [0.2, 0.25) is 0 Å². The first kappa shape index (κ1) is 23.5. The van der Waals surface area contributed by atoms with Crippen molar-refractivity contribution in [2.45, 2.75) is 98.3 Å². The molecule has 0 aliphatic rings. The standard InChI is InChI=1S/C24H40O3/c1-17(2)13-11-9-8-10-12-14-27-23(26)19(4)21-16-20(24(5,6)7)15-18(3)22(21)25/h15-17,19,25H,8-14H2,1-7H3. The van der Waals surface area contributed by atoms with E-state index in [1.165, 1.54) is 25.7 Å². The molecule has 0 bridgehead atoms. The average Bonchev–Trinajstić information content (AvgIpc) is 2.57. The van der Waals surface area contributed by atoms with Crippen LogP contribution < -0.4 is 0 Å². The Morgan fingerprint density at radius 1 is 1.04 bits per heavy atom. The molecule has 154 valence electrons. The van der Waals surface area contributed by atoms with Crippen LogP contribution in [-0.4, -0.2) is 17.7 Å². The Kier molecular flexibility index (Phi) is 9.35. The predicted molar refractivity (Wildman–Crippen MR) is 113 cm³/mol. The summed E-state index contributed by atoms with van der Waals surface area (Å²) in [6.45, 7) is 15.1. The van der Waals surface area contributed by atoms with Crippen molar-refractivity contribution in [3.63, 3.8) is 0 Å². The zero-order chi connectivity index (χ0) is 20.6. The lowest BCUT2D eigenvalue weighted by molar-refractivity contribution is -0.145. The van der Waals surface area contributed by atoms with Gasteiger partial charge in [0.1, 0.15) is 5.75 Å². The fourth-order valence-electron chi connectivity index (χ4n) is 3.18. The van der Waals surface area contributed by atoms with E-state index >= 15 is 0 Å². The smallest absolute Gasteiger partial charge is 0.313 e. The van der Waals surface area contributed by atoms with E-state index in [9.17, 15) is 9.90 Å². The number of phenolic OH excluding ortho intramolecular Hbond substituents is 1. The minimum absolute atomic E-state index is 0.0353. The maximum Gasteiger partial charge on any atom is 0.313 e. The average molecular weight is 377 g/mol. The van der Waals surface area contributed by atoms with E-state index in [2.05, 4.69) is 34.6 Å². The normalized spacial score (nSPS) is 13.0. The summed E-state index contributed by atoms with van der Waals surface area (Å²) in [6, 6.07) is 3.94. The first-order valence-electron chi connectivity index (χ1n) is 10.5. The van der Waals surface area contributed by atoms with Crippen LogP contribution in [0, 0.1) is 12.8 Å². The zero-order valence-corrected chi connectivity index (χ0v) is 18.5. The highest BCUT2D eigenvalue weighted by Gasteiger charge is 2.24. The Bertz CT molecular complexity index is 596. The lowest BCUT2D eigenvalue weighted by atomic mass is 9.83. The number of phenols is 1. The number of unbranched alkanes of at least 4 members (excludes halogenated alkanes) is 4. The third kappa shape index (κ3) is 7.94. The molecule has 1 aromatic carbocycles. The van der Waals surface area contributed by atoms with E-state index in [1.54, 1.807) is 0 Å². The quantitative estimate of drug-likeness (QED) is 0.368. The second kappa shape index (κ2) is 10.7. The third-order valence-corrected chi connectivity index (χ3v) is 5.19. The second-order valence-electron chi connectivity index (χ2n) is 9.32. The lowest BCUT2D eigenvalue weighted by Gasteiger charge is -2.23. The highest BCUT2D eigenvalue weighted by molar-refractivity contribution is 5.79. The number of benzene rings is 1. The van der Waals surface area contributed by atoms with Gasteiger partial charge in [0.15, 0.2) is 0 Å². The molecule has 0 heterocycles. The first-order valence-corrected chi connectivity index (χ1v) is 10.5. The fourth-order valence-corrected chi connectivity index (χ4v) is 3.18. The van der Waals surface area contributed by atoms with Gasteiger partial charge in [-0.2, -0.15) is 0 Å². The van der Waals surface area contributed by atoms with Gasteiger partial charge in [-0.05, 0) is 42.7 Å². The van der Waals surface area contributed by atoms with Crippen molar-refractivity contribution in [1.29, 1.82) is 0 Å². The van der Waals surface area contributed by atoms with Gasteiger partial charge in [0.05, 0.1) is 12.5 Å². The maximum atomic E-state index is 12.4. The van der Waals surface area contributed by atoms with Crippen molar-refractivity contribution in [2.75, 3.05) is 6.61 Å². The minimum atomic E-state index is -0.461. The first-order chi connectivity index (χ1) is 12.5. The molecule has 3 heteroatoms. The Morgan fingerprint density at radius 3 is 2.22 bits per heavy atom. The van der Waals surface area contributed by atoms with Gasteiger partial charge < -0.3 is 9.84 Å². The van der Waals surface area contributed by atoms with Crippen LogP contribution in [0.1, 0.15) is 103 Å². The SMILES string of the molecule is Cc1cc(C(C)(C)C)cc(C(C)C(=O)OCCCCCCCC(C)C)c1O. The molecular weight excluding hydrogens is 336 g/mol. The summed E-state index contributed by atoms with van der Waals surface area (Å²) in [5.41, 5.74) is 2.55. The van der Waals surface area contributed by atoms with Gasteiger partial charge >= 0.3 is 5.97 Å². The van der Waals surface area contributed by atoms with Gasteiger partial charge in [0, 0.05) is 5.56 Å². The lowest BCUT2D eigenvalue weighted by Crippen LogP contribution is -2.17. The fraction of sp³-hybridized carbons (Fsp3) is 0.708. The maximum absolute atomic E-state index is 12.4. The van der Waals surface area contributed by atoms with Crippen molar-refractivity contribution in [3.8, 4) is 5.75 Å². The number of aryl methyl sites for hydroxylation is 1. The summed E-state index contributed by atoms with van der Waals surface area (Å²) < 4.78 is 5.47. The number of hydrogen-bond acceptors (Lipinski definition) is 3. The number of rotatable bonds is 10. The molecule has 0 spiro atoms. The second-order valence-corrected chi connectivity index (χ2v) is 9.32. The molecule has 1 unspecified atom stereocenters. The molecule has 0 saturated carbocycles. The Labute approximate surface area is 166 Å². The van der Waals surface area contributed by atoms with E-state index in [0.717, 1.165) is 29.9 Å². The van der Waals surface area contributed by atoms with Crippen LogP contribution in [0.3, 0.4) is 0 Å². The van der Waals surface area contributed by atoms with Crippen LogP contribution in [0.15, 0.2) is 12.1 Å². The van der Waals surface area contributed by atoms with Crippen LogP contribution in [0.5, 0.6) is 5.75 Å². The summed E-state index contributed by atoms with van der Waals surface area (Å²) in [5.74, 6) is 0.273. The molecule has 1 aromatic rings. The number of esters is 1. The summed E-state index contributed by atoms with van der Waals surface area (Å²) in [7, 11) is 0. The molecule has 0 aliphatic carbocycles. The molecule has 0 aliphatic heterocycles. The van der Waals surface area contributed by atoms with Gasteiger partial charge in [-0.1, -0.05) is 78.9 Å². The van der Waals surface area contributed by atoms with Crippen molar-refractivity contribution < 1.29 is 14.6 Å². The minimum Gasteiger partial charge on any atom is -0.507 e. The molecule has 0 amide bonds. The zero-order valence-electron chi connectivity index (χ0n) is 18.5. The largest absolute Gasteiger partial charge is 0.507 e. The Hall–Kier alpha value is -1.51. The van der Waals surface area contributed by atoms with Gasteiger partial charge in [0.25, 0.3) is 0 Å². The van der Waals surface area contributed by atoms with E-state index in [4.69, 9.17) is 4.74 Å². The summed E-state index contributed by atoms with van der Waals surface area (Å²) in [4.78, 5) is 12.4. The van der Waals surface area contributed by atoms with Crippen molar-refractivity contribution in [2.24, 2.45) is 5.92 Å².